The molecule has 0 amide bonds. The van der Waals surface area contributed by atoms with Crippen LogP contribution in [0.25, 0.3) is 0 Å². The van der Waals surface area contributed by atoms with E-state index >= 15 is 0 Å². The Morgan fingerprint density at radius 2 is 1.40 bits per heavy atom. The molecule has 0 bridgehead atoms. The van der Waals surface area contributed by atoms with Crippen molar-refractivity contribution in [3.63, 3.8) is 0 Å². The average Bonchev–Trinajstić information content (AvgIpc) is 1.00. The summed E-state index contributed by atoms with van der Waals surface area (Å²) in [7, 11) is 0. The first kappa shape index (κ1) is 25.6. The second kappa shape index (κ2) is 30.8. The van der Waals surface area contributed by atoms with Crippen LogP contribution < -0.4 is 0 Å². The van der Waals surface area contributed by atoms with Gasteiger partial charge >= 0.3 is 80.8 Å². The average molecular weight is 143 g/mol. The van der Waals surface area contributed by atoms with Crippen molar-refractivity contribution in [1.29, 1.82) is 0 Å². The van der Waals surface area contributed by atoms with E-state index in [0.29, 0.717) is 0 Å². The first-order valence-electron chi connectivity index (χ1n) is 0.236. The molecule has 0 fully saturated rings. The zero-order valence-corrected chi connectivity index (χ0v) is 10.2. The molecule has 0 saturated carbocycles. The third kappa shape index (κ3) is 20.8. The smallest absolute Gasteiger partial charge is 0.0125 e. The summed E-state index contributed by atoms with van der Waals surface area (Å²) in [6, 6.07) is 0. The van der Waals surface area contributed by atoms with Gasteiger partial charge in [0, 0.05) is 0 Å². The summed E-state index contributed by atoms with van der Waals surface area (Å²) >= 11 is 1.17. The molecule has 0 aliphatic rings. The minimum Gasteiger partial charge on any atom is -0.0125 e. The van der Waals surface area contributed by atoms with Gasteiger partial charge in [0.15, 0.2) is 0 Å². The second-order valence-corrected chi connectivity index (χ2v) is 0. The minimum absolute atomic E-state index is 0. The van der Waals surface area contributed by atoms with Crippen molar-refractivity contribution < 1.29 is 9.51 Å². The molecule has 0 unspecified atom stereocenters. The van der Waals surface area contributed by atoms with E-state index in [1.54, 1.807) is 0 Å². The number of hydrogen-bond acceptors (Lipinski definition) is 1. The van der Waals surface area contributed by atoms with E-state index in [1.165, 1.54) is 16.2 Å². The fraction of sp³-hybridized carbons (Fsp3) is 0. The molecule has 5 heteroatoms. The van der Waals surface area contributed by atoms with E-state index in [-0.39, 0.29) is 77.5 Å². The Morgan fingerprint density at radius 3 is 1.40 bits per heavy atom. The molecule has 0 atom stereocenters. The van der Waals surface area contributed by atoms with Crippen LogP contribution in [-0.2, 0) is 3.80 Å². The second-order valence-electron chi connectivity index (χ2n) is 0. The topological polar surface area (TPSA) is 17.1 Å². The van der Waals surface area contributed by atoms with Gasteiger partial charge in [-0.15, -0.1) is 0 Å². The summed E-state index contributed by atoms with van der Waals surface area (Å²) in [6.45, 7) is 0. The molecule has 0 rings (SSSR count). The zero-order chi connectivity index (χ0) is 2.00. The minimum atomic E-state index is 0. The van der Waals surface area contributed by atoms with Gasteiger partial charge in [-0.05, 0) is 11.0 Å². The Labute approximate surface area is 96.0 Å². The van der Waals surface area contributed by atoms with Gasteiger partial charge in [0.05, 0.1) is 0 Å². The molecule has 0 aliphatic carbocycles. The van der Waals surface area contributed by atoms with E-state index < -0.39 is 0 Å². The summed E-state index contributed by atoms with van der Waals surface area (Å²) in [6.07, 6.45) is 0. The van der Waals surface area contributed by atoms with Gasteiger partial charge in [-0.2, -0.15) is 0 Å². The molecule has 0 saturated heterocycles. The van der Waals surface area contributed by atoms with E-state index in [2.05, 4.69) is 0 Å². The molecular formula is H7AlCaMgOSi. The number of rotatable bonds is 0. The molecule has 0 heterocycles. The standard InChI is InChI=1S/Al.Ca.Mg.O.H3Si.4H/h;;;;1H3;;;;/q;2*+2;;;4*-1. The van der Waals surface area contributed by atoms with Gasteiger partial charge in [0.25, 0.3) is 0 Å². The van der Waals surface area contributed by atoms with Crippen LogP contribution >= 0.6 is 0 Å². The summed E-state index contributed by atoms with van der Waals surface area (Å²) < 4.78 is 8.17. The van der Waals surface area contributed by atoms with Gasteiger partial charge < -0.3 is 5.71 Å². The van der Waals surface area contributed by atoms with Gasteiger partial charge in [-0.25, -0.2) is 0 Å². The van der Waals surface area contributed by atoms with Crippen molar-refractivity contribution in [3.8, 4) is 0 Å². The van der Waals surface area contributed by atoms with E-state index in [4.69, 9.17) is 3.80 Å². The fourth-order valence-electron chi connectivity index (χ4n) is 0. The van der Waals surface area contributed by atoms with Crippen molar-refractivity contribution >= 4 is 88.0 Å². The first-order chi connectivity index (χ1) is 1.00. The third-order valence-corrected chi connectivity index (χ3v) is 0. The van der Waals surface area contributed by atoms with Crippen molar-refractivity contribution in [1.82, 2.24) is 0 Å². The van der Waals surface area contributed by atoms with Crippen LogP contribution in [0.1, 0.15) is 5.71 Å². The van der Waals surface area contributed by atoms with Crippen LogP contribution in [0.2, 0.25) is 0 Å². The van der Waals surface area contributed by atoms with Crippen molar-refractivity contribution in [2.45, 2.75) is 0 Å². The molecule has 0 spiro atoms. The Kier molecular flexibility index (Phi) is 158. The Hall–Kier alpha value is 2.58. The summed E-state index contributed by atoms with van der Waals surface area (Å²) in [4.78, 5) is 0. The van der Waals surface area contributed by atoms with Crippen LogP contribution in [0.15, 0.2) is 0 Å². The van der Waals surface area contributed by atoms with Crippen LogP contribution in [0.4, 0.5) is 0 Å². The Bertz CT molecular complexity index is 20.5. The van der Waals surface area contributed by atoms with E-state index in [1.807, 2.05) is 0 Å². The van der Waals surface area contributed by atoms with Crippen molar-refractivity contribution in [3.05, 3.63) is 0 Å². The molecule has 5 heavy (non-hydrogen) atoms. The summed E-state index contributed by atoms with van der Waals surface area (Å²) in [5.74, 6) is 0. The maximum absolute atomic E-state index is 8.17. The summed E-state index contributed by atoms with van der Waals surface area (Å²) in [5.41, 5.74) is 0. The normalized spacial score (nSPS) is 0.600. The molecule has 0 aliphatic heterocycles. The van der Waals surface area contributed by atoms with Crippen LogP contribution in [0.5, 0.6) is 0 Å². The predicted molar refractivity (Wildman–Crippen MR) is 32.3 cm³/mol. The molecule has 24 valence electrons. The predicted octanol–water partition coefficient (Wildman–Crippen LogP) is -2.00. The quantitative estimate of drug-likeness (QED) is 0.358. The molecule has 1 nitrogen and oxygen atoms in total. The Balaban J connectivity index is -0.000000000238. The molecule has 0 aromatic rings. The molecular weight excluding hydrogens is 135 g/mol. The van der Waals surface area contributed by atoms with Crippen molar-refractivity contribution in [2.75, 3.05) is 0 Å². The van der Waals surface area contributed by atoms with Crippen molar-refractivity contribution in [2.24, 2.45) is 0 Å². The maximum atomic E-state index is 8.17. The van der Waals surface area contributed by atoms with E-state index in [9.17, 15) is 0 Å². The third-order valence-electron chi connectivity index (χ3n) is 0. The van der Waals surface area contributed by atoms with Gasteiger partial charge in [-0.3, -0.25) is 0 Å². The maximum Gasteiger partial charge on any atom is -0.0125 e. The molecule has 2 radical (unpaired) electrons. The molecule has 0 N–H and O–H groups in total. The van der Waals surface area contributed by atoms with Gasteiger partial charge in [0.1, 0.15) is 0 Å². The largest absolute Gasteiger partial charge is 0.0125 e. The van der Waals surface area contributed by atoms with E-state index in [0.717, 1.165) is 0 Å². The Morgan fingerprint density at radius 1 is 1.40 bits per heavy atom. The zero-order valence-electron chi connectivity index (χ0n) is 7.40. The van der Waals surface area contributed by atoms with Gasteiger partial charge in [-0.1, -0.05) is 0 Å². The van der Waals surface area contributed by atoms with Crippen LogP contribution in [-0.4, -0.2) is 88.0 Å². The number of hydrogen-bond donors (Lipinski definition) is 0. The molecule has 0 aromatic carbocycles. The van der Waals surface area contributed by atoms with Crippen LogP contribution in [0.3, 0.4) is 0 Å². The first-order valence-corrected chi connectivity index (χ1v) is 0.707. The van der Waals surface area contributed by atoms with Crippen LogP contribution in [0, 0.1) is 0 Å². The molecule has 0 aromatic heterocycles. The van der Waals surface area contributed by atoms with Gasteiger partial charge in [0.2, 0.25) is 0 Å². The monoisotopic (exact) mass is 142 g/mol. The summed E-state index contributed by atoms with van der Waals surface area (Å²) in [5, 5.41) is 0. The fourth-order valence-corrected chi connectivity index (χ4v) is 0. The SMILES string of the molecule is [Ca+2].[H-].[H-].[H-].[H-].[Mg+2].[O]=[Al].[SiH3].